The molecule has 1 aromatic heterocycles. The quantitative estimate of drug-likeness (QED) is 0.531. The highest BCUT2D eigenvalue weighted by molar-refractivity contribution is 6.06. The van der Waals surface area contributed by atoms with Crippen LogP contribution < -0.4 is 5.43 Å². The van der Waals surface area contributed by atoms with Crippen LogP contribution in [0.3, 0.4) is 0 Å². The highest BCUT2D eigenvalue weighted by Gasteiger charge is 2.11. The molecule has 0 saturated carbocycles. The van der Waals surface area contributed by atoms with Gasteiger partial charge in [0.25, 0.3) is 0 Å². The lowest BCUT2D eigenvalue weighted by molar-refractivity contribution is 0.475. The maximum Gasteiger partial charge on any atom is 0.201 e. The first-order valence-corrected chi connectivity index (χ1v) is 6.97. The molecule has 0 aliphatic carbocycles. The smallest absolute Gasteiger partial charge is 0.201 e. The fraction of sp³-hybridized carbons (Fsp3) is 0. The lowest BCUT2D eigenvalue weighted by atomic mass is 10.0. The lowest BCUT2D eigenvalue weighted by Gasteiger charge is -2.05. The van der Waals surface area contributed by atoms with Crippen molar-refractivity contribution >= 4 is 21.7 Å². The van der Waals surface area contributed by atoms with Crippen molar-refractivity contribution in [3.05, 3.63) is 77.2 Å². The molecule has 4 rings (SSSR count). The van der Waals surface area contributed by atoms with Crippen LogP contribution in [0, 0.1) is 0 Å². The molecule has 4 aromatic rings. The third kappa shape index (κ3) is 1.87. The van der Waals surface area contributed by atoms with Crippen LogP contribution in [0.2, 0.25) is 0 Å². The van der Waals surface area contributed by atoms with Crippen LogP contribution in [-0.4, -0.2) is 5.11 Å². The van der Waals surface area contributed by atoms with E-state index in [1.807, 2.05) is 36.4 Å². The molecule has 106 valence electrons. The molecule has 3 heteroatoms. The largest absolute Gasteiger partial charge is 0.508 e. The zero-order valence-electron chi connectivity index (χ0n) is 11.6. The summed E-state index contributed by atoms with van der Waals surface area (Å²) in [5, 5.41) is 11.9. The zero-order valence-corrected chi connectivity index (χ0v) is 11.6. The second-order valence-corrected chi connectivity index (χ2v) is 5.19. The summed E-state index contributed by atoms with van der Waals surface area (Å²) in [6.07, 6.45) is 1.48. The lowest BCUT2D eigenvalue weighted by Crippen LogP contribution is -2.05. The van der Waals surface area contributed by atoms with E-state index in [2.05, 4.69) is 0 Å². The fourth-order valence-electron chi connectivity index (χ4n) is 2.73. The van der Waals surface area contributed by atoms with E-state index in [0.717, 1.165) is 16.3 Å². The maximum absolute atomic E-state index is 12.9. The van der Waals surface area contributed by atoms with E-state index < -0.39 is 0 Å². The van der Waals surface area contributed by atoms with Gasteiger partial charge in [0, 0.05) is 0 Å². The van der Waals surface area contributed by atoms with Crippen molar-refractivity contribution in [3.8, 4) is 16.9 Å². The number of phenolic OH excluding ortho intramolecular Hbond substituents is 1. The summed E-state index contributed by atoms with van der Waals surface area (Å²) in [4.78, 5) is 12.9. The molecule has 0 aliphatic heterocycles. The number of phenols is 1. The minimum Gasteiger partial charge on any atom is -0.508 e. The number of hydrogen-bond acceptors (Lipinski definition) is 3. The Kier molecular flexibility index (Phi) is 2.73. The Hall–Kier alpha value is -3.07. The number of benzene rings is 3. The van der Waals surface area contributed by atoms with Gasteiger partial charge < -0.3 is 9.52 Å². The fourth-order valence-corrected chi connectivity index (χ4v) is 2.73. The number of aromatic hydroxyl groups is 1. The first kappa shape index (κ1) is 12.7. The van der Waals surface area contributed by atoms with Crippen molar-refractivity contribution in [2.24, 2.45) is 0 Å². The Morgan fingerprint density at radius 1 is 0.864 bits per heavy atom. The molecule has 0 bridgehead atoms. The average Bonchev–Trinajstić information content (AvgIpc) is 2.56. The summed E-state index contributed by atoms with van der Waals surface area (Å²) in [6, 6.07) is 18.0. The van der Waals surface area contributed by atoms with E-state index >= 15 is 0 Å². The van der Waals surface area contributed by atoms with Crippen LogP contribution in [0.15, 0.2) is 76.1 Å². The molecule has 0 amide bonds. The Morgan fingerprint density at radius 3 is 2.45 bits per heavy atom. The zero-order chi connectivity index (χ0) is 15.1. The molecule has 0 fully saturated rings. The van der Waals surface area contributed by atoms with Gasteiger partial charge in [0.15, 0.2) is 0 Å². The topological polar surface area (TPSA) is 50.4 Å². The first-order chi connectivity index (χ1) is 10.7. The van der Waals surface area contributed by atoms with Crippen molar-refractivity contribution in [2.45, 2.75) is 0 Å². The standard InChI is InChI=1S/C19H12O3/c20-14-8-5-13(6-9-14)16-11-22-17-10-7-12-3-1-2-4-15(12)18(17)19(16)21/h1-11,20H. The van der Waals surface area contributed by atoms with E-state index in [1.165, 1.54) is 6.26 Å². The summed E-state index contributed by atoms with van der Waals surface area (Å²) < 4.78 is 5.65. The Balaban J connectivity index is 2.10. The summed E-state index contributed by atoms with van der Waals surface area (Å²) >= 11 is 0. The van der Waals surface area contributed by atoms with Gasteiger partial charge in [-0.2, -0.15) is 0 Å². The second-order valence-electron chi connectivity index (χ2n) is 5.19. The van der Waals surface area contributed by atoms with Gasteiger partial charge in [-0.3, -0.25) is 4.79 Å². The Bertz CT molecular complexity index is 1040. The third-order valence-corrected chi connectivity index (χ3v) is 3.84. The molecular formula is C19H12O3. The molecule has 0 radical (unpaired) electrons. The van der Waals surface area contributed by atoms with Crippen LogP contribution in [-0.2, 0) is 0 Å². The van der Waals surface area contributed by atoms with Crippen LogP contribution in [0.1, 0.15) is 0 Å². The number of fused-ring (bicyclic) bond motifs is 3. The minimum absolute atomic E-state index is 0.0660. The van der Waals surface area contributed by atoms with Crippen molar-refractivity contribution in [1.82, 2.24) is 0 Å². The van der Waals surface area contributed by atoms with Gasteiger partial charge in [0.1, 0.15) is 17.6 Å². The molecule has 0 atom stereocenters. The van der Waals surface area contributed by atoms with Gasteiger partial charge in [-0.25, -0.2) is 0 Å². The average molecular weight is 288 g/mol. The SMILES string of the molecule is O=c1c(-c2ccc(O)cc2)coc2ccc3ccccc3c12. The van der Waals surface area contributed by atoms with Crippen molar-refractivity contribution in [1.29, 1.82) is 0 Å². The molecular weight excluding hydrogens is 276 g/mol. The summed E-state index contributed by atoms with van der Waals surface area (Å²) in [6.45, 7) is 0. The van der Waals surface area contributed by atoms with Crippen molar-refractivity contribution in [3.63, 3.8) is 0 Å². The summed E-state index contributed by atoms with van der Waals surface area (Å²) in [5.41, 5.74) is 1.72. The van der Waals surface area contributed by atoms with E-state index in [4.69, 9.17) is 4.42 Å². The van der Waals surface area contributed by atoms with E-state index in [1.54, 1.807) is 24.3 Å². The normalized spacial score (nSPS) is 11.1. The van der Waals surface area contributed by atoms with Crippen LogP contribution in [0.5, 0.6) is 5.75 Å². The third-order valence-electron chi connectivity index (χ3n) is 3.84. The second kappa shape index (κ2) is 4.74. The van der Waals surface area contributed by atoms with Crippen LogP contribution in [0.4, 0.5) is 0 Å². The molecule has 3 aromatic carbocycles. The molecule has 1 heterocycles. The molecule has 1 N–H and O–H groups in total. The first-order valence-electron chi connectivity index (χ1n) is 6.97. The molecule has 0 aliphatic rings. The van der Waals surface area contributed by atoms with Gasteiger partial charge in [0.05, 0.1) is 10.9 Å². The van der Waals surface area contributed by atoms with Crippen molar-refractivity contribution in [2.75, 3.05) is 0 Å². The predicted molar refractivity (Wildman–Crippen MR) is 87.1 cm³/mol. The van der Waals surface area contributed by atoms with Gasteiger partial charge in [-0.15, -0.1) is 0 Å². The molecule has 0 saturated heterocycles. The molecule has 0 spiro atoms. The van der Waals surface area contributed by atoms with E-state index in [-0.39, 0.29) is 11.2 Å². The monoisotopic (exact) mass is 288 g/mol. The van der Waals surface area contributed by atoms with Crippen molar-refractivity contribution < 1.29 is 9.52 Å². The Morgan fingerprint density at radius 2 is 1.64 bits per heavy atom. The summed E-state index contributed by atoms with van der Waals surface area (Å²) in [5.74, 6) is 0.166. The highest BCUT2D eigenvalue weighted by Crippen LogP contribution is 2.26. The Labute approximate surface area is 126 Å². The van der Waals surface area contributed by atoms with Gasteiger partial charge in [-0.05, 0) is 34.5 Å². The van der Waals surface area contributed by atoms with E-state index in [0.29, 0.717) is 16.5 Å². The predicted octanol–water partition coefficient (Wildman–Crippen LogP) is 4.32. The molecule has 22 heavy (non-hydrogen) atoms. The van der Waals surface area contributed by atoms with Crippen LogP contribution >= 0.6 is 0 Å². The minimum atomic E-state index is -0.0660. The summed E-state index contributed by atoms with van der Waals surface area (Å²) in [7, 11) is 0. The number of hydrogen-bond donors (Lipinski definition) is 1. The maximum atomic E-state index is 12.9. The molecule has 0 unspecified atom stereocenters. The van der Waals surface area contributed by atoms with Gasteiger partial charge in [0.2, 0.25) is 5.43 Å². The number of rotatable bonds is 1. The highest BCUT2D eigenvalue weighted by atomic mass is 16.3. The van der Waals surface area contributed by atoms with Gasteiger partial charge in [-0.1, -0.05) is 42.5 Å². The van der Waals surface area contributed by atoms with Crippen LogP contribution in [0.25, 0.3) is 32.9 Å². The van der Waals surface area contributed by atoms with Gasteiger partial charge >= 0.3 is 0 Å². The van der Waals surface area contributed by atoms with E-state index in [9.17, 15) is 9.90 Å². The molecule has 3 nitrogen and oxygen atoms in total.